The van der Waals surface area contributed by atoms with Crippen LogP contribution in [0.5, 0.6) is 11.5 Å². The van der Waals surface area contributed by atoms with Crippen molar-refractivity contribution in [1.29, 1.82) is 0 Å². The minimum atomic E-state index is 0.393. The first kappa shape index (κ1) is 11.3. The van der Waals surface area contributed by atoms with Crippen molar-refractivity contribution in [1.82, 2.24) is 0 Å². The van der Waals surface area contributed by atoms with E-state index >= 15 is 0 Å². The molecule has 2 nitrogen and oxygen atoms in total. The van der Waals surface area contributed by atoms with Crippen LogP contribution in [0, 0.1) is 5.92 Å². The Kier molecular flexibility index (Phi) is 3.37. The van der Waals surface area contributed by atoms with Gasteiger partial charge in [-0.1, -0.05) is 26.3 Å². The molecule has 0 aromatic heterocycles. The Labute approximate surface area is 97.3 Å². The highest BCUT2D eigenvalue weighted by Gasteiger charge is 2.18. The van der Waals surface area contributed by atoms with Gasteiger partial charge in [0.2, 0.25) is 0 Å². The fourth-order valence-corrected chi connectivity index (χ4v) is 2.23. The van der Waals surface area contributed by atoms with Crippen LogP contribution in [0.4, 0.5) is 0 Å². The van der Waals surface area contributed by atoms with Crippen LogP contribution in [0.15, 0.2) is 12.1 Å². The van der Waals surface area contributed by atoms with E-state index in [9.17, 15) is 5.11 Å². The highest BCUT2D eigenvalue weighted by molar-refractivity contribution is 5.51. The first-order valence-corrected chi connectivity index (χ1v) is 6.15. The molecule has 1 aromatic rings. The molecule has 0 radical (unpaired) electrons. The lowest BCUT2D eigenvalue weighted by atomic mass is 9.99. The monoisotopic (exact) mass is 220 g/mol. The molecule has 0 bridgehead atoms. The van der Waals surface area contributed by atoms with Crippen molar-refractivity contribution in [3.05, 3.63) is 23.3 Å². The molecule has 1 aliphatic rings. The summed E-state index contributed by atoms with van der Waals surface area (Å²) in [5.74, 6) is 2.06. The lowest BCUT2D eigenvalue weighted by molar-refractivity contribution is 0.349. The zero-order chi connectivity index (χ0) is 11.5. The van der Waals surface area contributed by atoms with Crippen molar-refractivity contribution in [3.8, 4) is 11.5 Å². The summed E-state index contributed by atoms with van der Waals surface area (Å²) in [6.45, 7) is 5.22. The first-order valence-electron chi connectivity index (χ1n) is 6.15. The Balaban J connectivity index is 2.11. The first-order chi connectivity index (χ1) is 7.68. The van der Waals surface area contributed by atoms with Gasteiger partial charge in [-0.15, -0.1) is 0 Å². The molecule has 0 atom stereocenters. The number of rotatable bonds is 4. The summed E-state index contributed by atoms with van der Waals surface area (Å²) in [6, 6.07) is 3.78. The van der Waals surface area contributed by atoms with Gasteiger partial charge < -0.3 is 9.84 Å². The number of ether oxygens (including phenoxy) is 1. The van der Waals surface area contributed by atoms with Crippen LogP contribution in [0.25, 0.3) is 0 Å². The molecule has 1 aromatic carbocycles. The Morgan fingerprint density at radius 2 is 2.19 bits per heavy atom. The molecular formula is C14H20O2. The van der Waals surface area contributed by atoms with E-state index in [1.807, 2.05) is 6.07 Å². The van der Waals surface area contributed by atoms with Gasteiger partial charge in [-0.05, 0) is 30.4 Å². The maximum atomic E-state index is 9.86. The zero-order valence-corrected chi connectivity index (χ0v) is 10.1. The molecule has 16 heavy (non-hydrogen) atoms. The molecule has 88 valence electrons. The van der Waals surface area contributed by atoms with Crippen molar-refractivity contribution >= 4 is 0 Å². The smallest absolute Gasteiger partial charge is 0.129 e. The van der Waals surface area contributed by atoms with Crippen LogP contribution in [-0.4, -0.2) is 11.7 Å². The van der Waals surface area contributed by atoms with E-state index in [0.717, 1.165) is 43.1 Å². The van der Waals surface area contributed by atoms with Gasteiger partial charge in [0.1, 0.15) is 11.5 Å². The number of hydrogen-bond acceptors (Lipinski definition) is 2. The topological polar surface area (TPSA) is 29.5 Å². The van der Waals surface area contributed by atoms with Gasteiger partial charge in [-0.25, -0.2) is 0 Å². The number of fused-ring (bicyclic) bond motifs is 1. The molecule has 1 N–H and O–H groups in total. The average Bonchev–Trinajstić information content (AvgIpc) is 2.69. The molecule has 0 amide bonds. The maximum Gasteiger partial charge on any atom is 0.129 e. The van der Waals surface area contributed by atoms with E-state index in [1.54, 1.807) is 6.07 Å². The number of phenols is 1. The quantitative estimate of drug-likeness (QED) is 0.843. The molecule has 0 unspecified atom stereocenters. The summed E-state index contributed by atoms with van der Waals surface area (Å²) < 4.78 is 5.61. The summed E-state index contributed by atoms with van der Waals surface area (Å²) in [4.78, 5) is 0. The van der Waals surface area contributed by atoms with Crippen molar-refractivity contribution in [2.24, 2.45) is 5.92 Å². The predicted octanol–water partition coefficient (Wildman–Crippen LogP) is 3.31. The van der Waals surface area contributed by atoms with E-state index in [4.69, 9.17) is 4.74 Å². The van der Waals surface area contributed by atoms with E-state index in [2.05, 4.69) is 13.8 Å². The van der Waals surface area contributed by atoms with Gasteiger partial charge in [0.15, 0.2) is 0 Å². The molecular weight excluding hydrogens is 200 g/mol. The van der Waals surface area contributed by atoms with Crippen molar-refractivity contribution in [2.45, 2.75) is 39.5 Å². The molecule has 0 aliphatic carbocycles. The zero-order valence-electron chi connectivity index (χ0n) is 10.1. The van der Waals surface area contributed by atoms with Gasteiger partial charge in [0.05, 0.1) is 6.61 Å². The highest BCUT2D eigenvalue weighted by Crippen LogP contribution is 2.36. The van der Waals surface area contributed by atoms with E-state index in [-0.39, 0.29) is 0 Å². The molecule has 2 heteroatoms. The Morgan fingerprint density at radius 3 is 2.94 bits per heavy atom. The lowest BCUT2D eigenvalue weighted by Crippen LogP contribution is -1.95. The molecule has 0 fully saturated rings. The van der Waals surface area contributed by atoms with Gasteiger partial charge in [-0.3, -0.25) is 0 Å². The third kappa shape index (κ3) is 2.31. The fraction of sp³-hybridized carbons (Fsp3) is 0.571. The van der Waals surface area contributed by atoms with Crippen LogP contribution >= 0.6 is 0 Å². The second-order valence-corrected chi connectivity index (χ2v) is 4.94. The summed E-state index contributed by atoms with van der Waals surface area (Å²) in [5.41, 5.74) is 2.26. The van der Waals surface area contributed by atoms with Crippen molar-refractivity contribution in [3.63, 3.8) is 0 Å². The standard InChI is InChI=1S/C14H20O2/c1-10(2)4-3-5-12-13(15)7-6-11-8-9-16-14(11)12/h6-7,10,15H,3-5,8-9H2,1-2H3. The highest BCUT2D eigenvalue weighted by atomic mass is 16.5. The average molecular weight is 220 g/mol. The molecule has 1 aliphatic heterocycles. The Hall–Kier alpha value is -1.18. The van der Waals surface area contributed by atoms with Crippen molar-refractivity contribution in [2.75, 3.05) is 6.61 Å². The SMILES string of the molecule is CC(C)CCCc1c(O)ccc2c1OCC2. The Bertz CT molecular complexity index is 369. The second-order valence-electron chi connectivity index (χ2n) is 4.94. The van der Waals surface area contributed by atoms with Crippen LogP contribution in [0.3, 0.4) is 0 Å². The van der Waals surface area contributed by atoms with Gasteiger partial charge in [0, 0.05) is 12.0 Å². The lowest BCUT2D eigenvalue weighted by Gasteiger charge is -2.11. The predicted molar refractivity (Wildman–Crippen MR) is 65.1 cm³/mol. The number of aromatic hydroxyl groups is 1. The summed E-state index contributed by atoms with van der Waals surface area (Å²) in [7, 11) is 0. The summed E-state index contributed by atoms with van der Waals surface area (Å²) in [5, 5.41) is 9.86. The number of hydrogen-bond donors (Lipinski definition) is 1. The van der Waals surface area contributed by atoms with Gasteiger partial charge >= 0.3 is 0 Å². The molecule has 2 rings (SSSR count). The summed E-state index contributed by atoms with van der Waals surface area (Å²) in [6.07, 6.45) is 4.22. The van der Waals surface area contributed by atoms with E-state index in [0.29, 0.717) is 5.75 Å². The second kappa shape index (κ2) is 4.77. The minimum absolute atomic E-state index is 0.393. The largest absolute Gasteiger partial charge is 0.508 e. The third-order valence-electron chi connectivity index (χ3n) is 3.14. The van der Waals surface area contributed by atoms with Crippen LogP contribution in [-0.2, 0) is 12.8 Å². The van der Waals surface area contributed by atoms with Crippen molar-refractivity contribution < 1.29 is 9.84 Å². The minimum Gasteiger partial charge on any atom is -0.508 e. The summed E-state index contributed by atoms with van der Waals surface area (Å²) >= 11 is 0. The van der Waals surface area contributed by atoms with E-state index < -0.39 is 0 Å². The molecule has 1 heterocycles. The number of phenolic OH excluding ortho intramolecular Hbond substituents is 1. The number of benzene rings is 1. The third-order valence-corrected chi connectivity index (χ3v) is 3.14. The fourth-order valence-electron chi connectivity index (χ4n) is 2.23. The molecule has 0 saturated carbocycles. The maximum absolute atomic E-state index is 9.86. The van der Waals surface area contributed by atoms with Crippen LogP contribution in [0.2, 0.25) is 0 Å². The van der Waals surface area contributed by atoms with Crippen LogP contribution < -0.4 is 4.74 Å². The van der Waals surface area contributed by atoms with Gasteiger partial charge in [-0.2, -0.15) is 0 Å². The van der Waals surface area contributed by atoms with Gasteiger partial charge in [0.25, 0.3) is 0 Å². The van der Waals surface area contributed by atoms with E-state index in [1.165, 1.54) is 12.0 Å². The molecule has 0 spiro atoms. The Morgan fingerprint density at radius 1 is 1.38 bits per heavy atom. The normalized spacial score (nSPS) is 13.9. The molecule has 0 saturated heterocycles. The van der Waals surface area contributed by atoms with Crippen LogP contribution in [0.1, 0.15) is 37.8 Å².